The maximum atomic E-state index is 10.7. The van der Waals surface area contributed by atoms with E-state index in [2.05, 4.69) is 15.9 Å². The Labute approximate surface area is 109 Å². The first-order chi connectivity index (χ1) is 7.06. The molecule has 4 nitrogen and oxygen atoms in total. The van der Waals surface area contributed by atoms with E-state index in [1.807, 2.05) is 22.6 Å². The van der Waals surface area contributed by atoms with Crippen LogP contribution in [0.5, 0.6) is 5.75 Å². The summed E-state index contributed by atoms with van der Waals surface area (Å²) in [5, 5.41) is 8.81. The van der Waals surface area contributed by atoms with E-state index in [4.69, 9.17) is 14.6 Å². The van der Waals surface area contributed by atoms with E-state index in [0.29, 0.717) is 10.2 Å². The normalized spacial score (nSPS) is 10.1. The number of carbonyl (C=O) groups is 1. The summed E-state index contributed by atoms with van der Waals surface area (Å²) in [6, 6.07) is 3.04. The van der Waals surface area contributed by atoms with Gasteiger partial charge in [-0.2, -0.15) is 0 Å². The van der Waals surface area contributed by atoms with E-state index < -0.39 is 5.97 Å². The molecule has 0 heterocycles. The molecule has 0 aromatic heterocycles. The Morgan fingerprint density at radius 3 is 2.73 bits per heavy atom. The number of halogens is 2. The maximum absolute atomic E-state index is 10.7. The molecule has 0 atom stereocenters. The molecule has 0 spiro atoms. The van der Waals surface area contributed by atoms with Crippen molar-refractivity contribution >= 4 is 44.5 Å². The lowest BCUT2D eigenvalue weighted by molar-refractivity contribution is 0.0499. The average Bonchev–Trinajstić information content (AvgIpc) is 2.16. The number of hydrogen-bond acceptors (Lipinski definition) is 3. The number of hydrogen-bond donors (Lipinski definition) is 1. The van der Waals surface area contributed by atoms with Crippen LogP contribution in [0.2, 0.25) is 0 Å². The number of benzene rings is 1. The molecule has 0 bridgehead atoms. The lowest BCUT2D eigenvalue weighted by Crippen LogP contribution is -2.03. The van der Waals surface area contributed by atoms with Crippen LogP contribution in [-0.4, -0.2) is 25.0 Å². The van der Waals surface area contributed by atoms with Gasteiger partial charge in [0.05, 0.1) is 13.6 Å². The summed E-state index contributed by atoms with van der Waals surface area (Å²) in [6.45, 7) is 0.126. The molecule has 0 aliphatic heterocycles. The fourth-order valence-electron chi connectivity index (χ4n) is 0.939. The van der Waals surface area contributed by atoms with Gasteiger partial charge in [-0.1, -0.05) is 0 Å². The Kier molecular flexibility index (Phi) is 4.81. The van der Waals surface area contributed by atoms with Gasteiger partial charge in [-0.15, -0.1) is 0 Å². The van der Waals surface area contributed by atoms with Gasteiger partial charge in [-0.25, -0.2) is 4.79 Å². The lowest BCUT2D eigenvalue weighted by atomic mass is 10.2. The minimum atomic E-state index is -0.966. The first-order valence-corrected chi connectivity index (χ1v) is 5.77. The van der Waals surface area contributed by atoms with Gasteiger partial charge in [0.15, 0.2) is 6.79 Å². The third-order valence-electron chi connectivity index (χ3n) is 1.57. The van der Waals surface area contributed by atoms with Crippen molar-refractivity contribution in [2.24, 2.45) is 0 Å². The van der Waals surface area contributed by atoms with Crippen molar-refractivity contribution in [1.82, 2.24) is 0 Å². The Morgan fingerprint density at radius 1 is 1.60 bits per heavy atom. The van der Waals surface area contributed by atoms with Gasteiger partial charge in [0.2, 0.25) is 0 Å². The van der Waals surface area contributed by atoms with E-state index in [1.54, 1.807) is 6.07 Å². The average molecular weight is 387 g/mol. The first-order valence-electron chi connectivity index (χ1n) is 3.90. The highest BCUT2D eigenvalue weighted by molar-refractivity contribution is 14.1. The molecule has 0 aliphatic rings. The van der Waals surface area contributed by atoms with Gasteiger partial charge in [-0.3, -0.25) is 0 Å². The van der Waals surface area contributed by atoms with Gasteiger partial charge in [-0.05, 0) is 50.7 Å². The smallest absolute Gasteiger partial charge is 0.335 e. The summed E-state index contributed by atoms with van der Waals surface area (Å²) in [5.74, 6) is -0.380. The van der Waals surface area contributed by atoms with Crippen molar-refractivity contribution in [1.29, 1.82) is 0 Å². The summed E-state index contributed by atoms with van der Waals surface area (Å²) in [6.07, 6.45) is 0. The molecule has 0 aliphatic carbocycles. The third-order valence-corrected chi connectivity index (χ3v) is 2.96. The monoisotopic (exact) mass is 386 g/mol. The predicted octanol–water partition coefficient (Wildman–Crippen LogP) is 2.73. The fraction of sp³-hybridized carbons (Fsp3) is 0.222. The largest absolute Gasteiger partial charge is 0.478 e. The molecule has 6 heteroatoms. The number of ether oxygens (including phenoxy) is 2. The highest BCUT2D eigenvalue weighted by atomic mass is 127. The van der Waals surface area contributed by atoms with Gasteiger partial charge >= 0.3 is 5.97 Å². The summed E-state index contributed by atoms with van der Waals surface area (Å²) >= 11 is 5.26. The highest BCUT2D eigenvalue weighted by Crippen LogP contribution is 2.31. The minimum Gasteiger partial charge on any atom is -0.478 e. The number of methoxy groups -OCH3 is 1. The molecule has 1 rings (SSSR count). The van der Waals surface area contributed by atoms with Crippen LogP contribution >= 0.6 is 38.5 Å². The third kappa shape index (κ3) is 3.32. The van der Waals surface area contributed by atoms with Crippen molar-refractivity contribution in [2.75, 3.05) is 13.9 Å². The zero-order valence-corrected chi connectivity index (χ0v) is 11.5. The van der Waals surface area contributed by atoms with Crippen LogP contribution < -0.4 is 4.74 Å². The quantitative estimate of drug-likeness (QED) is 0.638. The SMILES string of the molecule is COCOc1c(Br)cc(C(=O)O)cc1I. The fourth-order valence-corrected chi connectivity index (χ4v) is 2.67. The zero-order valence-electron chi connectivity index (χ0n) is 7.79. The van der Waals surface area contributed by atoms with E-state index >= 15 is 0 Å². The van der Waals surface area contributed by atoms with Crippen molar-refractivity contribution < 1.29 is 19.4 Å². The van der Waals surface area contributed by atoms with Crippen LogP contribution in [0.3, 0.4) is 0 Å². The van der Waals surface area contributed by atoms with Crippen LogP contribution in [0, 0.1) is 3.57 Å². The Bertz CT molecular complexity index is 357. The molecular weight excluding hydrogens is 379 g/mol. The summed E-state index contributed by atoms with van der Waals surface area (Å²) in [5.41, 5.74) is 0.219. The zero-order chi connectivity index (χ0) is 11.4. The Balaban J connectivity index is 3.04. The van der Waals surface area contributed by atoms with Crippen molar-refractivity contribution in [3.63, 3.8) is 0 Å². The van der Waals surface area contributed by atoms with E-state index in [0.717, 1.165) is 3.57 Å². The maximum Gasteiger partial charge on any atom is 0.335 e. The Hall–Kier alpha value is -0.340. The molecule has 1 aromatic rings. The molecule has 0 saturated heterocycles. The number of carboxylic acid groups (broad SMARTS) is 1. The molecule has 82 valence electrons. The van der Waals surface area contributed by atoms with Gasteiger partial charge in [0.1, 0.15) is 5.75 Å². The van der Waals surface area contributed by atoms with E-state index in [9.17, 15) is 4.79 Å². The van der Waals surface area contributed by atoms with Crippen molar-refractivity contribution in [2.45, 2.75) is 0 Å². The molecule has 0 unspecified atom stereocenters. The van der Waals surface area contributed by atoms with Crippen LogP contribution in [-0.2, 0) is 4.74 Å². The van der Waals surface area contributed by atoms with E-state index in [1.165, 1.54) is 13.2 Å². The van der Waals surface area contributed by atoms with Crippen LogP contribution in [0.1, 0.15) is 10.4 Å². The number of carboxylic acids is 1. The van der Waals surface area contributed by atoms with Gasteiger partial charge in [0.25, 0.3) is 0 Å². The second-order valence-corrected chi connectivity index (χ2v) is 4.64. The topological polar surface area (TPSA) is 55.8 Å². The molecule has 1 N–H and O–H groups in total. The van der Waals surface area contributed by atoms with Crippen LogP contribution in [0.15, 0.2) is 16.6 Å². The van der Waals surface area contributed by atoms with E-state index in [-0.39, 0.29) is 12.4 Å². The number of aromatic carboxylic acids is 1. The number of rotatable bonds is 4. The second kappa shape index (κ2) is 5.66. The van der Waals surface area contributed by atoms with Gasteiger partial charge < -0.3 is 14.6 Å². The molecule has 1 aromatic carbocycles. The van der Waals surface area contributed by atoms with Crippen LogP contribution in [0.25, 0.3) is 0 Å². The first kappa shape index (κ1) is 12.7. The highest BCUT2D eigenvalue weighted by Gasteiger charge is 2.12. The molecule has 15 heavy (non-hydrogen) atoms. The van der Waals surface area contributed by atoms with Gasteiger partial charge in [0, 0.05) is 7.11 Å². The summed E-state index contributed by atoms with van der Waals surface area (Å²) in [4.78, 5) is 10.7. The Morgan fingerprint density at radius 2 is 2.27 bits per heavy atom. The molecule has 0 fully saturated rings. The standard InChI is InChI=1S/C9H8BrIO4/c1-14-4-15-8-6(10)2-5(9(12)13)3-7(8)11/h2-3H,4H2,1H3,(H,12,13). The summed E-state index contributed by atoms with van der Waals surface area (Å²) < 4.78 is 11.4. The lowest BCUT2D eigenvalue weighted by Gasteiger charge is -2.09. The van der Waals surface area contributed by atoms with Crippen molar-refractivity contribution in [3.8, 4) is 5.75 Å². The minimum absolute atomic E-state index is 0.126. The summed E-state index contributed by atoms with van der Waals surface area (Å²) in [7, 11) is 1.52. The second-order valence-electron chi connectivity index (χ2n) is 2.63. The molecular formula is C9H8BrIO4. The molecule has 0 amide bonds. The predicted molar refractivity (Wildman–Crippen MR) is 66.3 cm³/mol. The molecule has 0 saturated carbocycles. The van der Waals surface area contributed by atoms with Crippen LogP contribution in [0.4, 0.5) is 0 Å². The van der Waals surface area contributed by atoms with Crippen molar-refractivity contribution in [3.05, 3.63) is 25.7 Å². The molecule has 0 radical (unpaired) electrons.